The van der Waals surface area contributed by atoms with Gasteiger partial charge >= 0.3 is 5.97 Å². The lowest BCUT2D eigenvalue weighted by Gasteiger charge is -2.10. The van der Waals surface area contributed by atoms with Gasteiger partial charge in [0.1, 0.15) is 0 Å². The molecular weight excluding hydrogens is 288 g/mol. The van der Waals surface area contributed by atoms with Crippen molar-refractivity contribution >= 4 is 21.9 Å². The van der Waals surface area contributed by atoms with Crippen molar-refractivity contribution in [1.29, 1.82) is 0 Å². The fraction of sp³-hybridized carbons (Fsp3) is 0.333. The van der Waals surface area contributed by atoms with Crippen molar-refractivity contribution in [2.24, 2.45) is 0 Å². The zero-order chi connectivity index (χ0) is 12.3. The Bertz CT molecular complexity index is 459. The molecule has 0 aromatic carbocycles. The summed E-state index contributed by atoms with van der Waals surface area (Å²) in [5.41, 5.74) is -1.74. The predicted octanol–water partition coefficient (Wildman–Crippen LogP) is 1.99. The highest BCUT2D eigenvalue weighted by molar-refractivity contribution is 9.08. The summed E-state index contributed by atoms with van der Waals surface area (Å²) in [6, 6.07) is 0. The molecule has 16 heavy (non-hydrogen) atoms. The van der Waals surface area contributed by atoms with Crippen molar-refractivity contribution in [2.45, 2.75) is 11.8 Å². The number of ether oxygens (including phenoxy) is 1. The highest BCUT2D eigenvalue weighted by Crippen LogP contribution is 2.26. The summed E-state index contributed by atoms with van der Waals surface area (Å²) in [5.74, 6) is -0.909. The standard InChI is InChI=1S/C9H8BrF2NO3/c1-16-9(15)5-3-13-8(14)4(2-10)6(5)7(11)12/h3,7H,2H2,1H3,(H,13,14). The fourth-order valence-corrected chi connectivity index (χ4v) is 1.80. The fourth-order valence-electron chi connectivity index (χ4n) is 1.25. The highest BCUT2D eigenvalue weighted by atomic mass is 79.9. The summed E-state index contributed by atoms with van der Waals surface area (Å²) < 4.78 is 29.9. The van der Waals surface area contributed by atoms with Gasteiger partial charge in [0, 0.05) is 22.7 Å². The SMILES string of the molecule is COC(=O)c1c[nH]c(=O)c(CBr)c1C(F)F. The van der Waals surface area contributed by atoms with Gasteiger partial charge in [0.05, 0.1) is 12.7 Å². The van der Waals surface area contributed by atoms with Gasteiger partial charge in [-0.15, -0.1) is 0 Å². The monoisotopic (exact) mass is 295 g/mol. The number of pyridine rings is 1. The Morgan fingerprint density at radius 3 is 2.69 bits per heavy atom. The molecule has 0 spiro atoms. The Labute approximate surface area is 97.7 Å². The number of aromatic nitrogens is 1. The van der Waals surface area contributed by atoms with Crippen LogP contribution in [0.1, 0.15) is 27.9 Å². The van der Waals surface area contributed by atoms with Crippen LogP contribution < -0.4 is 5.56 Å². The maximum absolute atomic E-state index is 12.8. The van der Waals surface area contributed by atoms with Gasteiger partial charge in [0.25, 0.3) is 12.0 Å². The summed E-state index contributed by atoms with van der Waals surface area (Å²) in [4.78, 5) is 24.7. The summed E-state index contributed by atoms with van der Waals surface area (Å²) in [7, 11) is 1.08. The van der Waals surface area contributed by atoms with E-state index in [0.717, 1.165) is 13.3 Å². The minimum atomic E-state index is -2.91. The summed E-state index contributed by atoms with van der Waals surface area (Å²) in [5, 5.41) is -0.0627. The van der Waals surface area contributed by atoms with Crippen molar-refractivity contribution < 1.29 is 18.3 Å². The molecule has 0 aliphatic carbocycles. The van der Waals surface area contributed by atoms with Crippen LogP contribution in [0.15, 0.2) is 11.0 Å². The van der Waals surface area contributed by atoms with Crippen LogP contribution in [0.3, 0.4) is 0 Å². The van der Waals surface area contributed by atoms with Crippen molar-refractivity contribution in [3.63, 3.8) is 0 Å². The number of hydrogen-bond acceptors (Lipinski definition) is 3. The van der Waals surface area contributed by atoms with Crippen molar-refractivity contribution in [3.8, 4) is 0 Å². The molecule has 0 saturated heterocycles. The molecule has 0 fully saturated rings. The molecule has 0 amide bonds. The summed E-state index contributed by atoms with van der Waals surface area (Å²) in [6.07, 6.45) is -1.98. The Balaban J connectivity index is 3.51. The minimum absolute atomic E-state index is 0.0627. The Hall–Kier alpha value is -1.24. The molecule has 88 valence electrons. The maximum Gasteiger partial charge on any atom is 0.339 e. The van der Waals surface area contributed by atoms with Gasteiger partial charge in [-0.1, -0.05) is 15.9 Å². The Kier molecular flexibility index (Phi) is 4.17. The van der Waals surface area contributed by atoms with E-state index >= 15 is 0 Å². The van der Waals surface area contributed by atoms with E-state index in [0.29, 0.717) is 0 Å². The smallest absolute Gasteiger partial charge is 0.339 e. The number of aromatic amines is 1. The first kappa shape index (κ1) is 12.8. The quantitative estimate of drug-likeness (QED) is 0.685. The first-order chi connectivity index (χ1) is 7.52. The number of alkyl halides is 3. The number of carbonyl (C=O) groups is 1. The van der Waals surface area contributed by atoms with Crippen LogP contribution in [0, 0.1) is 0 Å². The molecule has 1 aromatic heterocycles. The second-order valence-electron chi connectivity index (χ2n) is 2.85. The third-order valence-corrected chi connectivity index (χ3v) is 2.55. The molecule has 1 rings (SSSR count). The Morgan fingerprint density at radius 1 is 1.62 bits per heavy atom. The molecule has 0 radical (unpaired) electrons. The molecule has 1 aromatic rings. The van der Waals surface area contributed by atoms with E-state index in [2.05, 4.69) is 25.7 Å². The van der Waals surface area contributed by atoms with Crippen molar-refractivity contribution in [1.82, 2.24) is 4.98 Å². The molecule has 0 aliphatic rings. The van der Waals surface area contributed by atoms with E-state index in [4.69, 9.17) is 0 Å². The van der Waals surface area contributed by atoms with Crippen molar-refractivity contribution in [3.05, 3.63) is 33.2 Å². The number of H-pyrrole nitrogens is 1. The summed E-state index contributed by atoms with van der Waals surface area (Å²) in [6.45, 7) is 0. The lowest BCUT2D eigenvalue weighted by atomic mass is 10.1. The molecule has 4 nitrogen and oxygen atoms in total. The number of carbonyl (C=O) groups excluding carboxylic acids is 1. The molecule has 0 aliphatic heterocycles. The molecule has 1 N–H and O–H groups in total. The zero-order valence-corrected chi connectivity index (χ0v) is 9.81. The van der Waals surface area contributed by atoms with Crippen LogP contribution in [0.5, 0.6) is 0 Å². The van der Waals surface area contributed by atoms with Gasteiger partial charge < -0.3 is 9.72 Å². The molecule has 0 atom stereocenters. The van der Waals surface area contributed by atoms with Gasteiger partial charge in [-0.3, -0.25) is 4.79 Å². The van der Waals surface area contributed by atoms with E-state index < -0.39 is 23.5 Å². The first-order valence-electron chi connectivity index (χ1n) is 4.19. The van der Waals surface area contributed by atoms with E-state index in [1.54, 1.807) is 0 Å². The lowest BCUT2D eigenvalue weighted by Crippen LogP contribution is -2.19. The largest absolute Gasteiger partial charge is 0.465 e. The number of esters is 1. The molecule has 7 heteroatoms. The van der Waals surface area contributed by atoms with Crippen LogP contribution in [-0.4, -0.2) is 18.1 Å². The third kappa shape index (κ3) is 2.29. The zero-order valence-electron chi connectivity index (χ0n) is 8.22. The van der Waals surface area contributed by atoms with Crippen LogP contribution in [0.2, 0.25) is 0 Å². The molecule has 1 heterocycles. The number of methoxy groups -OCH3 is 1. The predicted molar refractivity (Wildman–Crippen MR) is 56.0 cm³/mol. The number of hydrogen-bond donors (Lipinski definition) is 1. The third-order valence-electron chi connectivity index (χ3n) is 1.99. The second kappa shape index (κ2) is 5.20. The normalized spacial score (nSPS) is 10.6. The molecule has 0 bridgehead atoms. The Morgan fingerprint density at radius 2 is 2.25 bits per heavy atom. The molecule has 0 saturated carbocycles. The van der Waals surface area contributed by atoms with Crippen molar-refractivity contribution in [2.75, 3.05) is 7.11 Å². The van der Waals surface area contributed by atoms with Crippen LogP contribution in [0.25, 0.3) is 0 Å². The molecular formula is C9H8BrF2NO3. The summed E-state index contributed by atoms with van der Waals surface area (Å²) >= 11 is 2.93. The van der Waals surface area contributed by atoms with Gasteiger partial charge in [-0.05, 0) is 0 Å². The van der Waals surface area contributed by atoms with Crippen LogP contribution in [-0.2, 0) is 10.1 Å². The topological polar surface area (TPSA) is 59.2 Å². The van der Waals surface area contributed by atoms with Gasteiger partial charge in [0.15, 0.2) is 0 Å². The second-order valence-corrected chi connectivity index (χ2v) is 3.41. The minimum Gasteiger partial charge on any atom is -0.465 e. The average Bonchev–Trinajstić information content (AvgIpc) is 2.27. The highest BCUT2D eigenvalue weighted by Gasteiger charge is 2.24. The van der Waals surface area contributed by atoms with E-state index in [-0.39, 0.29) is 16.5 Å². The van der Waals surface area contributed by atoms with Gasteiger partial charge in [-0.2, -0.15) is 0 Å². The van der Waals surface area contributed by atoms with E-state index in [1.807, 2.05) is 0 Å². The lowest BCUT2D eigenvalue weighted by molar-refractivity contribution is 0.0588. The molecule has 0 unspecified atom stereocenters. The number of nitrogens with one attached hydrogen (secondary N) is 1. The number of halogens is 3. The van der Waals surface area contributed by atoms with Crippen LogP contribution >= 0.6 is 15.9 Å². The maximum atomic E-state index is 12.8. The van der Waals surface area contributed by atoms with Crippen LogP contribution in [0.4, 0.5) is 8.78 Å². The first-order valence-corrected chi connectivity index (χ1v) is 5.32. The number of rotatable bonds is 3. The van der Waals surface area contributed by atoms with Gasteiger partial charge in [-0.25, -0.2) is 13.6 Å². The van der Waals surface area contributed by atoms with Gasteiger partial charge in [0.2, 0.25) is 0 Å². The van der Waals surface area contributed by atoms with E-state index in [1.165, 1.54) is 0 Å². The average molecular weight is 296 g/mol. The van der Waals surface area contributed by atoms with E-state index in [9.17, 15) is 18.4 Å².